The van der Waals surface area contributed by atoms with Crippen LogP contribution in [0.2, 0.25) is 0 Å². The van der Waals surface area contributed by atoms with Gasteiger partial charge in [-0.25, -0.2) is 0 Å². The molecule has 0 amide bonds. The number of rotatable bonds is 4. The minimum Gasteiger partial charge on any atom is -0.457 e. The summed E-state index contributed by atoms with van der Waals surface area (Å²) >= 11 is 0. The van der Waals surface area contributed by atoms with Crippen molar-refractivity contribution in [1.29, 1.82) is 0 Å². The maximum atomic E-state index is 5.90. The van der Waals surface area contributed by atoms with Crippen molar-refractivity contribution in [3.63, 3.8) is 0 Å². The molecule has 0 spiro atoms. The predicted octanol–water partition coefficient (Wildman–Crippen LogP) is 2.12. The van der Waals surface area contributed by atoms with Gasteiger partial charge in [0.15, 0.2) is 0 Å². The lowest BCUT2D eigenvalue weighted by Crippen LogP contribution is -3.04. The SMILES string of the molecule is C[NH+](C)Cc1ccccc1Oc1ccccc1. The molecule has 2 rings (SSSR count). The second kappa shape index (κ2) is 5.51. The highest BCUT2D eigenvalue weighted by atomic mass is 16.5. The van der Waals surface area contributed by atoms with E-state index in [4.69, 9.17) is 4.74 Å². The van der Waals surface area contributed by atoms with Gasteiger partial charge in [0, 0.05) is 5.56 Å². The number of nitrogens with one attached hydrogen (secondary N) is 1. The van der Waals surface area contributed by atoms with Crippen LogP contribution in [0.1, 0.15) is 5.56 Å². The number of quaternary nitrogens is 1. The molecule has 0 atom stereocenters. The van der Waals surface area contributed by atoms with Crippen molar-refractivity contribution < 1.29 is 9.64 Å². The Morgan fingerprint density at radius 1 is 0.882 bits per heavy atom. The van der Waals surface area contributed by atoms with E-state index in [1.807, 2.05) is 42.5 Å². The molecule has 2 nitrogen and oxygen atoms in total. The minimum atomic E-state index is 0.883. The molecule has 0 fully saturated rings. The first kappa shape index (κ1) is 11.7. The number of para-hydroxylation sites is 2. The Bertz CT molecular complexity index is 465. The zero-order valence-electron chi connectivity index (χ0n) is 10.3. The fraction of sp³-hybridized carbons (Fsp3) is 0.200. The molecule has 1 N–H and O–H groups in total. The quantitative estimate of drug-likeness (QED) is 0.846. The van der Waals surface area contributed by atoms with E-state index in [1.165, 1.54) is 10.5 Å². The largest absolute Gasteiger partial charge is 0.457 e. The molecule has 17 heavy (non-hydrogen) atoms. The molecular formula is C15H18NO+. The second-order valence-electron chi connectivity index (χ2n) is 4.41. The first-order chi connectivity index (χ1) is 8.25. The summed E-state index contributed by atoms with van der Waals surface area (Å²) in [5.41, 5.74) is 1.23. The molecule has 0 saturated heterocycles. The van der Waals surface area contributed by atoms with Crippen molar-refractivity contribution in [1.82, 2.24) is 0 Å². The smallest absolute Gasteiger partial charge is 0.136 e. The summed E-state index contributed by atoms with van der Waals surface area (Å²) in [5, 5.41) is 0. The topological polar surface area (TPSA) is 13.7 Å². The normalized spacial score (nSPS) is 10.5. The Kier molecular flexibility index (Phi) is 3.78. The molecule has 88 valence electrons. The fourth-order valence-electron chi connectivity index (χ4n) is 1.75. The molecule has 2 aromatic rings. The predicted molar refractivity (Wildman–Crippen MR) is 69.5 cm³/mol. The van der Waals surface area contributed by atoms with Crippen LogP contribution >= 0.6 is 0 Å². The average Bonchev–Trinajstić information content (AvgIpc) is 2.32. The van der Waals surface area contributed by atoms with Crippen LogP contribution in [-0.2, 0) is 6.54 Å². The summed E-state index contributed by atoms with van der Waals surface area (Å²) < 4.78 is 5.90. The molecule has 0 bridgehead atoms. The van der Waals surface area contributed by atoms with Crippen LogP contribution in [0, 0.1) is 0 Å². The average molecular weight is 228 g/mol. The molecule has 0 radical (unpaired) electrons. The van der Waals surface area contributed by atoms with Crippen molar-refractivity contribution in [3.8, 4) is 11.5 Å². The van der Waals surface area contributed by atoms with E-state index in [0.29, 0.717) is 0 Å². The molecule has 0 saturated carbocycles. The minimum absolute atomic E-state index is 0.883. The van der Waals surface area contributed by atoms with Crippen molar-refractivity contribution in [3.05, 3.63) is 60.2 Å². The summed E-state index contributed by atoms with van der Waals surface area (Å²) in [6.07, 6.45) is 0. The van der Waals surface area contributed by atoms with E-state index >= 15 is 0 Å². The van der Waals surface area contributed by atoms with Gasteiger partial charge in [0.05, 0.1) is 14.1 Å². The fourth-order valence-corrected chi connectivity index (χ4v) is 1.75. The van der Waals surface area contributed by atoms with Gasteiger partial charge in [0.2, 0.25) is 0 Å². The molecule has 0 aliphatic rings. The summed E-state index contributed by atoms with van der Waals surface area (Å²) in [6.45, 7) is 0.961. The van der Waals surface area contributed by atoms with Gasteiger partial charge < -0.3 is 9.64 Å². The van der Waals surface area contributed by atoms with Crippen molar-refractivity contribution in [2.45, 2.75) is 6.54 Å². The molecule has 0 aliphatic heterocycles. The van der Waals surface area contributed by atoms with Gasteiger partial charge >= 0.3 is 0 Å². The third kappa shape index (κ3) is 3.33. The van der Waals surface area contributed by atoms with Crippen LogP contribution in [0.4, 0.5) is 0 Å². The molecule has 2 aromatic carbocycles. The maximum Gasteiger partial charge on any atom is 0.136 e. The van der Waals surface area contributed by atoms with Gasteiger partial charge in [-0.05, 0) is 24.3 Å². The Balaban J connectivity index is 2.20. The van der Waals surface area contributed by atoms with E-state index in [9.17, 15) is 0 Å². The zero-order chi connectivity index (χ0) is 12.1. The molecule has 0 heterocycles. The third-order valence-corrected chi connectivity index (χ3v) is 2.49. The van der Waals surface area contributed by atoms with E-state index in [1.54, 1.807) is 0 Å². The van der Waals surface area contributed by atoms with Crippen LogP contribution in [0.15, 0.2) is 54.6 Å². The summed E-state index contributed by atoms with van der Waals surface area (Å²) in [6, 6.07) is 18.1. The van der Waals surface area contributed by atoms with Crippen LogP contribution in [0.25, 0.3) is 0 Å². The summed E-state index contributed by atoms with van der Waals surface area (Å²) in [5.74, 6) is 1.83. The lowest BCUT2D eigenvalue weighted by molar-refractivity contribution is -0.872. The molecule has 2 heteroatoms. The standard InChI is InChI=1S/C15H17NO/c1-16(2)12-13-8-6-7-11-15(13)17-14-9-4-3-5-10-14/h3-11H,12H2,1-2H3/p+1. The van der Waals surface area contributed by atoms with Crippen molar-refractivity contribution >= 4 is 0 Å². The van der Waals surface area contributed by atoms with Crippen molar-refractivity contribution in [2.75, 3.05) is 14.1 Å². The number of benzene rings is 2. The molecule has 0 aromatic heterocycles. The number of hydrogen-bond donors (Lipinski definition) is 1. The monoisotopic (exact) mass is 228 g/mol. The number of ether oxygens (including phenoxy) is 1. The highest BCUT2D eigenvalue weighted by molar-refractivity contribution is 5.37. The third-order valence-electron chi connectivity index (χ3n) is 2.49. The van der Waals surface area contributed by atoms with E-state index in [0.717, 1.165) is 18.0 Å². The van der Waals surface area contributed by atoms with Gasteiger partial charge in [-0.1, -0.05) is 30.3 Å². The van der Waals surface area contributed by atoms with Crippen LogP contribution < -0.4 is 9.64 Å². The molecular weight excluding hydrogens is 210 g/mol. The first-order valence-electron chi connectivity index (χ1n) is 5.85. The maximum absolute atomic E-state index is 5.90. The van der Waals surface area contributed by atoms with Gasteiger partial charge in [0.1, 0.15) is 18.0 Å². The summed E-state index contributed by atoms with van der Waals surface area (Å²) in [7, 11) is 4.28. The Hall–Kier alpha value is -1.80. The summed E-state index contributed by atoms with van der Waals surface area (Å²) in [4.78, 5) is 1.38. The lowest BCUT2D eigenvalue weighted by atomic mass is 10.2. The van der Waals surface area contributed by atoms with Crippen LogP contribution in [0.3, 0.4) is 0 Å². The number of hydrogen-bond acceptors (Lipinski definition) is 1. The highest BCUT2D eigenvalue weighted by Crippen LogP contribution is 2.24. The first-order valence-corrected chi connectivity index (χ1v) is 5.85. The van der Waals surface area contributed by atoms with Crippen LogP contribution in [-0.4, -0.2) is 14.1 Å². The lowest BCUT2D eigenvalue weighted by Gasteiger charge is -2.12. The second-order valence-corrected chi connectivity index (χ2v) is 4.41. The van der Waals surface area contributed by atoms with Gasteiger partial charge in [-0.3, -0.25) is 0 Å². The van der Waals surface area contributed by atoms with Crippen LogP contribution in [0.5, 0.6) is 11.5 Å². The van der Waals surface area contributed by atoms with E-state index in [2.05, 4.69) is 26.2 Å². The highest BCUT2D eigenvalue weighted by Gasteiger charge is 2.06. The van der Waals surface area contributed by atoms with Gasteiger partial charge in [-0.2, -0.15) is 0 Å². The Labute approximate surface area is 102 Å². The van der Waals surface area contributed by atoms with E-state index in [-0.39, 0.29) is 0 Å². The molecule has 0 unspecified atom stereocenters. The zero-order valence-corrected chi connectivity index (χ0v) is 10.3. The van der Waals surface area contributed by atoms with E-state index < -0.39 is 0 Å². The van der Waals surface area contributed by atoms with Gasteiger partial charge in [-0.15, -0.1) is 0 Å². The van der Waals surface area contributed by atoms with Gasteiger partial charge in [0.25, 0.3) is 0 Å². The Morgan fingerprint density at radius 3 is 2.24 bits per heavy atom. The van der Waals surface area contributed by atoms with Crippen molar-refractivity contribution in [2.24, 2.45) is 0 Å². The Morgan fingerprint density at radius 2 is 1.53 bits per heavy atom. The molecule has 0 aliphatic carbocycles.